The Kier molecular flexibility index (Phi) is 6.49. The highest BCUT2D eigenvalue weighted by Gasteiger charge is 2.18. The van der Waals surface area contributed by atoms with Crippen molar-refractivity contribution in [3.8, 4) is 0 Å². The second-order valence-corrected chi connectivity index (χ2v) is 4.81. The minimum atomic E-state index is -0.636. The van der Waals surface area contributed by atoms with E-state index >= 15 is 0 Å². The fourth-order valence-corrected chi connectivity index (χ4v) is 2.18. The molecule has 0 aromatic rings. The van der Waals surface area contributed by atoms with Gasteiger partial charge < -0.3 is 20.3 Å². The highest BCUT2D eigenvalue weighted by Crippen LogP contribution is 2.12. The van der Waals surface area contributed by atoms with Crippen LogP contribution in [0, 0.1) is 0 Å². The lowest BCUT2D eigenvalue weighted by Crippen LogP contribution is -2.36. The van der Waals surface area contributed by atoms with Crippen LogP contribution < -0.4 is 5.32 Å². The number of hydrogen-bond acceptors (Lipinski definition) is 6. The summed E-state index contributed by atoms with van der Waals surface area (Å²) in [5, 5.41) is 21.2. The van der Waals surface area contributed by atoms with Crippen LogP contribution in [0.3, 0.4) is 0 Å². The number of aliphatic hydroxyl groups is 2. The summed E-state index contributed by atoms with van der Waals surface area (Å²) in [5.74, 6) is 0.359. The van der Waals surface area contributed by atoms with Crippen molar-refractivity contribution >= 4 is 22.8 Å². The van der Waals surface area contributed by atoms with E-state index in [2.05, 4.69) is 10.3 Å². The van der Waals surface area contributed by atoms with Gasteiger partial charge in [-0.1, -0.05) is 11.8 Å². The number of aliphatic imine (C=N–C) groups is 1. The lowest BCUT2D eigenvalue weighted by atomic mass is 10.2. The predicted octanol–water partition coefficient (Wildman–Crippen LogP) is -0.646. The first-order valence-electron chi connectivity index (χ1n) is 5.49. The number of rotatable bonds is 6. The molecule has 7 heteroatoms. The van der Waals surface area contributed by atoms with Gasteiger partial charge in [-0.2, -0.15) is 0 Å². The molecule has 0 aromatic heterocycles. The molecule has 0 radical (unpaired) electrons. The third kappa shape index (κ3) is 6.02. The van der Waals surface area contributed by atoms with Crippen LogP contribution in [-0.4, -0.2) is 59.0 Å². The van der Waals surface area contributed by atoms with Crippen molar-refractivity contribution in [2.24, 2.45) is 4.99 Å². The molecule has 0 saturated heterocycles. The molecular formula is C10H18N2O4S. The van der Waals surface area contributed by atoms with Crippen LogP contribution in [0.2, 0.25) is 0 Å². The van der Waals surface area contributed by atoms with E-state index in [4.69, 9.17) is 9.84 Å². The highest BCUT2D eigenvalue weighted by molar-refractivity contribution is 8.13. The maximum Gasteiger partial charge on any atom is 0.228 e. The molecule has 0 spiro atoms. The van der Waals surface area contributed by atoms with Gasteiger partial charge in [-0.05, 0) is 6.92 Å². The molecule has 0 fully saturated rings. The summed E-state index contributed by atoms with van der Waals surface area (Å²) in [6.45, 7) is 2.21. The van der Waals surface area contributed by atoms with Crippen molar-refractivity contribution < 1.29 is 19.7 Å². The number of carbonyl (C=O) groups excluding carboxylic acids is 1. The van der Waals surface area contributed by atoms with Crippen LogP contribution in [0.5, 0.6) is 0 Å². The third-order valence-corrected chi connectivity index (χ3v) is 3.06. The van der Waals surface area contributed by atoms with E-state index < -0.39 is 6.10 Å². The van der Waals surface area contributed by atoms with Gasteiger partial charge in [0.05, 0.1) is 32.0 Å². The highest BCUT2D eigenvalue weighted by atomic mass is 32.2. The molecule has 0 aromatic carbocycles. The van der Waals surface area contributed by atoms with E-state index in [9.17, 15) is 9.90 Å². The van der Waals surface area contributed by atoms with Gasteiger partial charge in [0.1, 0.15) is 0 Å². The Morgan fingerprint density at radius 1 is 1.71 bits per heavy atom. The molecule has 1 rings (SSSR count). The first-order valence-corrected chi connectivity index (χ1v) is 6.47. The monoisotopic (exact) mass is 262 g/mol. The van der Waals surface area contributed by atoms with Gasteiger partial charge in [0, 0.05) is 12.2 Å². The van der Waals surface area contributed by atoms with Gasteiger partial charge in [0.25, 0.3) is 0 Å². The Hall–Kier alpha value is -0.630. The van der Waals surface area contributed by atoms with E-state index in [1.165, 1.54) is 11.8 Å². The zero-order valence-corrected chi connectivity index (χ0v) is 10.6. The van der Waals surface area contributed by atoms with Gasteiger partial charge in [-0.3, -0.25) is 9.79 Å². The van der Waals surface area contributed by atoms with Crippen molar-refractivity contribution in [2.45, 2.75) is 25.5 Å². The minimum Gasteiger partial charge on any atom is -0.394 e. The van der Waals surface area contributed by atoms with E-state index in [0.29, 0.717) is 17.3 Å². The van der Waals surface area contributed by atoms with Gasteiger partial charge in [0.15, 0.2) is 5.17 Å². The molecule has 1 aliphatic rings. The molecule has 0 saturated carbocycles. The summed E-state index contributed by atoms with van der Waals surface area (Å²) in [4.78, 5) is 15.5. The summed E-state index contributed by atoms with van der Waals surface area (Å²) in [5.41, 5.74) is 0. The number of ether oxygens (including phenoxy) is 1. The third-order valence-electron chi connectivity index (χ3n) is 2.02. The molecule has 0 aliphatic carbocycles. The van der Waals surface area contributed by atoms with Crippen molar-refractivity contribution in [1.82, 2.24) is 5.32 Å². The number of amides is 1. The topological polar surface area (TPSA) is 91.2 Å². The zero-order chi connectivity index (χ0) is 12.7. The second-order valence-electron chi connectivity index (χ2n) is 3.80. The number of carbonyl (C=O) groups is 1. The normalized spacial score (nSPS) is 21.9. The molecule has 17 heavy (non-hydrogen) atoms. The number of thioether (sulfide) groups is 1. The average Bonchev–Trinajstić information content (AvgIpc) is 2.25. The van der Waals surface area contributed by atoms with Crippen molar-refractivity contribution in [3.05, 3.63) is 0 Å². The Labute approximate surface area is 104 Å². The first-order chi connectivity index (χ1) is 8.11. The van der Waals surface area contributed by atoms with E-state index in [1.54, 1.807) is 0 Å². The molecule has 6 nitrogen and oxygen atoms in total. The predicted molar refractivity (Wildman–Crippen MR) is 66.0 cm³/mol. The zero-order valence-electron chi connectivity index (χ0n) is 9.76. The molecule has 2 unspecified atom stereocenters. The van der Waals surface area contributed by atoms with Gasteiger partial charge in [0.2, 0.25) is 5.91 Å². The summed E-state index contributed by atoms with van der Waals surface area (Å²) in [7, 11) is 0. The summed E-state index contributed by atoms with van der Waals surface area (Å²) < 4.78 is 4.99. The first kappa shape index (κ1) is 14.4. The number of amidine groups is 1. The van der Waals surface area contributed by atoms with Crippen LogP contribution in [0.15, 0.2) is 4.99 Å². The lowest BCUT2D eigenvalue weighted by molar-refractivity contribution is -0.120. The Morgan fingerprint density at radius 2 is 2.47 bits per heavy atom. The molecule has 1 aliphatic heterocycles. The standard InChI is InChI=1S/C10H18N2O4S/c1-7-4-9(15)12-10(11-7)17-6-8(14)5-16-3-2-13/h7-8,13-14H,2-6H2,1H3,(H,11,12,15). The molecular weight excluding hydrogens is 244 g/mol. The number of hydrogen-bond donors (Lipinski definition) is 3. The number of nitrogens with zero attached hydrogens (tertiary/aromatic N) is 1. The quantitative estimate of drug-likeness (QED) is 0.554. The largest absolute Gasteiger partial charge is 0.394 e. The molecule has 1 heterocycles. The van der Waals surface area contributed by atoms with Gasteiger partial charge in [-0.15, -0.1) is 0 Å². The molecule has 3 N–H and O–H groups in total. The fraction of sp³-hybridized carbons (Fsp3) is 0.800. The van der Waals surface area contributed by atoms with Crippen LogP contribution in [0.25, 0.3) is 0 Å². The van der Waals surface area contributed by atoms with E-state index in [-0.39, 0.29) is 31.8 Å². The van der Waals surface area contributed by atoms with Crippen LogP contribution >= 0.6 is 11.8 Å². The van der Waals surface area contributed by atoms with Crippen LogP contribution in [0.4, 0.5) is 0 Å². The number of nitrogens with one attached hydrogen (secondary N) is 1. The second kappa shape index (κ2) is 7.65. The van der Waals surface area contributed by atoms with Crippen LogP contribution in [0.1, 0.15) is 13.3 Å². The maximum absolute atomic E-state index is 11.2. The Balaban J connectivity index is 2.23. The average molecular weight is 262 g/mol. The summed E-state index contributed by atoms with van der Waals surface area (Å²) >= 11 is 1.30. The van der Waals surface area contributed by atoms with Gasteiger partial charge >= 0.3 is 0 Å². The Bertz CT molecular complexity index is 285. The molecule has 0 bridgehead atoms. The summed E-state index contributed by atoms with van der Waals surface area (Å²) in [6.07, 6.45) is -0.227. The Morgan fingerprint density at radius 3 is 3.12 bits per heavy atom. The molecule has 1 amide bonds. The molecule has 98 valence electrons. The molecule has 2 atom stereocenters. The smallest absolute Gasteiger partial charge is 0.228 e. The summed E-state index contributed by atoms with van der Waals surface area (Å²) in [6, 6.07) is -0.00553. The SMILES string of the molecule is CC1CC(=O)NC(SCC(O)COCCO)=N1. The van der Waals surface area contributed by atoms with Crippen molar-refractivity contribution in [3.63, 3.8) is 0 Å². The van der Waals surface area contributed by atoms with Crippen molar-refractivity contribution in [2.75, 3.05) is 25.6 Å². The maximum atomic E-state index is 11.2. The van der Waals surface area contributed by atoms with Gasteiger partial charge in [-0.25, -0.2) is 0 Å². The van der Waals surface area contributed by atoms with Crippen LogP contribution in [-0.2, 0) is 9.53 Å². The number of aliphatic hydroxyl groups excluding tert-OH is 2. The lowest BCUT2D eigenvalue weighted by Gasteiger charge is -2.18. The van der Waals surface area contributed by atoms with E-state index in [0.717, 1.165) is 0 Å². The minimum absolute atomic E-state index is 0.00553. The fourth-order valence-electron chi connectivity index (χ4n) is 1.30. The van der Waals surface area contributed by atoms with Crippen molar-refractivity contribution in [1.29, 1.82) is 0 Å². The van der Waals surface area contributed by atoms with E-state index in [1.807, 2.05) is 6.92 Å².